The molecule has 0 bridgehead atoms. The van der Waals surface area contributed by atoms with Crippen molar-refractivity contribution in [2.45, 2.75) is 13.5 Å². The van der Waals surface area contributed by atoms with E-state index < -0.39 is 0 Å². The first kappa shape index (κ1) is 16.7. The molecule has 0 aliphatic carbocycles. The predicted molar refractivity (Wildman–Crippen MR) is 88.3 cm³/mol. The van der Waals surface area contributed by atoms with Crippen LogP contribution in [0.1, 0.15) is 22.8 Å². The van der Waals surface area contributed by atoms with Gasteiger partial charge in [-0.25, -0.2) is 0 Å². The van der Waals surface area contributed by atoms with Crippen LogP contribution < -0.4 is 19.5 Å². The van der Waals surface area contributed by atoms with Gasteiger partial charge in [-0.2, -0.15) is 0 Å². The summed E-state index contributed by atoms with van der Waals surface area (Å²) >= 11 is 0. The average molecular weight is 315 g/mol. The third-order valence-corrected chi connectivity index (χ3v) is 3.30. The van der Waals surface area contributed by atoms with Gasteiger partial charge in [0.15, 0.2) is 0 Å². The molecule has 0 aromatic heterocycles. The largest absolute Gasteiger partial charge is 0.497 e. The minimum Gasteiger partial charge on any atom is -0.497 e. The number of amides is 1. The number of carbonyl (C=O) groups excluding carboxylic acids is 1. The third-order valence-electron chi connectivity index (χ3n) is 3.30. The van der Waals surface area contributed by atoms with Gasteiger partial charge in [-0.3, -0.25) is 4.79 Å². The van der Waals surface area contributed by atoms with E-state index in [1.165, 1.54) is 0 Å². The highest BCUT2D eigenvalue weighted by atomic mass is 16.5. The molecule has 0 fully saturated rings. The maximum absolute atomic E-state index is 11.8. The Labute approximate surface area is 136 Å². The molecule has 0 spiro atoms. The minimum absolute atomic E-state index is 0.140. The van der Waals surface area contributed by atoms with Crippen LogP contribution in [0.2, 0.25) is 0 Å². The maximum Gasteiger partial charge on any atom is 0.251 e. The van der Waals surface area contributed by atoms with E-state index in [2.05, 4.69) is 5.32 Å². The summed E-state index contributed by atoms with van der Waals surface area (Å²) < 4.78 is 16.5. The lowest BCUT2D eigenvalue weighted by molar-refractivity contribution is 0.0963. The molecule has 2 aromatic carbocycles. The average Bonchev–Trinajstić information content (AvgIpc) is 2.60. The molecular formula is C18H21NO4. The normalized spacial score (nSPS) is 10.0. The van der Waals surface area contributed by atoms with Crippen LogP contribution in [-0.4, -0.2) is 26.7 Å². The summed E-state index contributed by atoms with van der Waals surface area (Å²) in [7, 11) is 3.22. The molecule has 0 saturated heterocycles. The monoisotopic (exact) mass is 315 g/mol. The van der Waals surface area contributed by atoms with Crippen LogP contribution >= 0.6 is 0 Å². The summed E-state index contributed by atoms with van der Waals surface area (Å²) in [6, 6.07) is 12.7. The molecule has 0 unspecified atom stereocenters. The van der Waals surface area contributed by atoms with Crippen LogP contribution in [0.4, 0.5) is 0 Å². The van der Waals surface area contributed by atoms with E-state index in [0.29, 0.717) is 24.5 Å². The highest BCUT2D eigenvalue weighted by Gasteiger charge is 2.10. The Morgan fingerprint density at radius 1 is 1.04 bits per heavy atom. The van der Waals surface area contributed by atoms with Gasteiger partial charge in [0.2, 0.25) is 0 Å². The van der Waals surface area contributed by atoms with Crippen molar-refractivity contribution >= 4 is 5.91 Å². The Balaban J connectivity index is 2.16. The fraction of sp³-hybridized carbons (Fsp3) is 0.278. The summed E-state index contributed by atoms with van der Waals surface area (Å²) in [6.07, 6.45) is 0. The second kappa shape index (κ2) is 8.08. The lowest BCUT2D eigenvalue weighted by Gasteiger charge is -2.13. The molecule has 0 aliphatic heterocycles. The molecule has 0 atom stereocenters. The van der Waals surface area contributed by atoms with E-state index >= 15 is 0 Å². The van der Waals surface area contributed by atoms with E-state index in [-0.39, 0.29) is 5.91 Å². The maximum atomic E-state index is 11.8. The standard InChI is InChI=1S/C18H21NO4/c1-4-22-17-10-5-13(18(20)19-2)11-14(17)12-23-16-8-6-15(21-3)7-9-16/h5-11H,4,12H2,1-3H3,(H,19,20). The van der Waals surface area contributed by atoms with Gasteiger partial charge in [0.25, 0.3) is 5.91 Å². The highest BCUT2D eigenvalue weighted by molar-refractivity contribution is 5.94. The van der Waals surface area contributed by atoms with Crippen molar-refractivity contribution in [3.05, 3.63) is 53.6 Å². The van der Waals surface area contributed by atoms with Gasteiger partial charge < -0.3 is 19.5 Å². The molecule has 1 amide bonds. The summed E-state index contributed by atoms with van der Waals surface area (Å²) in [4.78, 5) is 11.8. The first-order valence-electron chi connectivity index (χ1n) is 7.42. The smallest absolute Gasteiger partial charge is 0.251 e. The number of hydrogen-bond acceptors (Lipinski definition) is 4. The van der Waals surface area contributed by atoms with Crippen molar-refractivity contribution in [3.8, 4) is 17.2 Å². The molecule has 0 aliphatic rings. The Hall–Kier alpha value is -2.69. The van der Waals surface area contributed by atoms with Gasteiger partial charge in [-0.15, -0.1) is 0 Å². The van der Waals surface area contributed by atoms with E-state index in [4.69, 9.17) is 14.2 Å². The fourth-order valence-corrected chi connectivity index (χ4v) is 2.11. The molecule has 1 N–H and O–H groups in total. The Bertz CT molecular complexity index is 653. The third kappa shape index (κ3) is 4.39. The van der Waals surface area contributed by atoms with E-state index in [0.717, 1.165) is 17.1 Å². The van der Waals surface area contributed by atoms with E-state index in [1.54, 1.807) is 32.4 Å². The van der Waals surface area contributed by atoms with Crippen LogP contribution in [0.25, 0.3) is 0 Å². The number of methoxy groups -OCH3 is 1. The van der Waals surface area contributed by atoms with Gasteiger partial charge in [0.05, 0.1) is 13.7 Å². The topological polar surface area (TPSA) is 56.8 Å². The quantitative estimate of drug-likeness (QED) is 0.853. The Kier molecular flexibility index (Phi) is 5.86. The molecule has 122 valence electrons. The van der Waals surface area contributed by atoms with Gasteiger partial charge in [0, 0.05) is 18.2 Å². The lowest BCUT2D eigenvalue weighted by Crippen LogP contribution is -2.18. The van der Waals surface area contributed by atoms with Crippen molar-refractivity contribution in [1.29, 1.82) is 0 Å². The van der Waals surface area contributed by atoms with Crippen molar-refractivity contribution in [1.82, 2.24) is 5.32 Å². The number of nitrogens with one attached hydrogen (secondary N) is 1. The first-order valence-corrected chi connectivity index (χ1v) is 7.42. The van der Waals surface area contributed by atoms with Gasteiger partial charge in [-0.05, 0) is 49.4 Å². The van der Waals surface area contributed by atoms with Crippen LogP contribution in [0.3, 0.4) is 0 Å². The molecule has 0 radical (unpaired) electrons. The number of hydrogen-bond donors (Lipinski definition) is 1. The highest BCUT2D eigenvalue weighted by Crippen LogP contribution is 2.24. The molecular weight excluding hydrogens is 294 g/mol. The van der Waals surface area contributed by atoms with Crippen molar-refractivity contribution in [2.75, 3.05) is 20.8 Å². The fourth-order valence-electron chi connectivity index (χ4n) is 2.11. The van der Waals surface area contributed by atoms with Crippen LogP contribution in [0.15, 0.2) is 42.5 Å². The SMILES string of the molecule is CCOc1ccc(C(=O)NC)cc1COc1ccc(OC)cc1. The van der Waals surface area contributed by atoms with Gasteiger partial charge in [-0.1, -0.05) is 0 Å². The second-order valence-corrected chi connectivity index (χ2v) is 4.80. The Morgan fingerprint density at radius 3 is 2.35 bits per heavy atom. The molecule has 0 saturated carbocycles. The molecule has 23 heavy (non-hydrogen) atoms. The summed E-state index contributed by atoms with van der Waals surface area (Å²) in [5, 5.41) is 2.61. The van der Waals surface area contributed by atoms with Crippen LogP contribution in [0.5, 0.6) is 17.2 Å². The van der Waals surface area contributed by atoms with Crippen molar-refractivity contribution in [3.63, 3.8) is 0 Å². The molecule has 0 heterocycles. The molecule has 5 nitrogen and oxygen atoms in total. The number of carbonyl (C=O) groups is 1. The zero-order chi connectivity index (χ0) is 16.7. The van der Waals surface area contributed by atoms with Gasteiger partial charge in [0.1, 0.15) is 23.9 Å². The Morgan fingerprint density at radius 2 is 1.74 bits per heavy atom. The summed E-state index contributed by atoms with van der Waals surface area (Å²) in [5.74, 6) is 2.07. The number of ether oxygens (including phenoxy) is 3. The van der Waals surface area contributed by atoms with E-state index in [1.807, 2.05) is 31.2 Å². The minimum atomic E-state index is -0.140. The number of benzene rings is 2. The molecule has 2 rings (SSSR count). The number of rotatable bonds is 7. The molecule has 2 aromatic rings. The second-order valence-electron chi connectivity index (χ2n) is 4.80. The zero-order valence-corrected chi connectivity index (χ0v) is 13.6. The summed E-state index contributed by atoms with van der Waals surface area (Å²) in [6.45, 7) is 2.78. The zero-order valence-electron chi connectivity index (χ0n) is 13.6. The van der Waals surface area contributed by atoms with Gasteiger partial charge >= 0.3 is 0 Å². The van der Waals surface area contributed by atoms with Crippen LogP contribution in [0, 0.1) is 0 Å². The predicted octanol–water partition coefficient (Wildman–Crippen LogP) is 3.03. The van der Waals surface area contributed by atoms with E-state index in [9.17, 15) is 4.79 Å². The van der Waals surface area contributed by atoms with Crippen LogP contribution in [-0.2, 0) is 6.61 Å². The van der Waals surface area contributed by atoms with Crippen molar-refractivity contribution < 1.29 is 19.0 Å². The molecule has 5 heteroatoms. The first-order chi connectivity index (χ1) is 11.2. The van der Waals surface area contributed by atoms with Crippen molar-refractivity contribution in [2.24, 2.45) is 0 Å². The lowest BCUT2D eigenvalue weighted by atomic mass is 10.1. The summed E-state index contributed by atoms with van der Waals surface area (Å²) in [5.41, 5.74) is 1.40.